The molecule has 0 aliphatic carbocycles. The summed E-state index contributed by atoms with van der Waals surface area (Å²) < 4.78 is 12.0. The Morgan fingerprint density at radius 3 is 3.06 bits per heavy atom. The molecule has 0 radical (unpaired) electrons. The van der Waals surface area contributed by atoms with Gasteiger partial charge in [-0.25, -0.2) is 4.98 Å². The molecule has 0 bridgehead atoms. The number of aromatic nitrogens is 1. The monoisotopic (exact) mass is 252 g/mol. The van der Waals surface area contributed by atoms with Gasteiger partial charge >= 0.3 is 0 Å². The SMILES string of the molecule is CCOCC(C)Oc1nc2ccc(N)cc2s1. The van der Waals surface area contributed by atoms with Crippen LogP contribution in [0.5, 0.6) is 5.19 Å². The van der Waals surface area contributed by atoms with E-state index in [0.717, 1.165) is 15.9 Å². The van der Waals surface area contributed by atoms with Crippen LogP contribution < -0.4 is 10.5 Å². The van der Waals surface area contributed by atoms with E-state index in [9.17, 15) is 0 Å². The first-order chi connectivity index (χ1) is 8.19. The van der Waals surface area contributed by atoms with Crippen molar-refractivity contribution in [3.63, 3.8) is 0 Å². The largest absolute Gasteiger partial charge is 0.465 e. The highest BCUT2D eigenvalue weighted by Crippen LogP contribution is 2.29. The van der Waals surface area contributed by atoms with Gasteiger partial charge < -0.3 is 15.2 Å². The van der Waals surface area contributed by atoms with Crippen LogP contribution in [0.3, 0.4) is 0 Å². The summed E-state index contributed by atoms with van der Waals surface area (Å²) in [6.07, 6.45) is 0.00728. The predicted molar refractivity (Wildman–Crippen MR) is 70.6 cm³/mol. The number of hydrogen-bond acceptors (Lipinski definition) is 5. The molecule has 0 spiro atoms. The molecule has 92 valence electrons. The number of nitrogens with two attached hydrogens (primary N) is 1. The highest BCUT2D eigenvalue weighted by Gasteiger charge is 2.09. The molecule has 2 N–H and O–H groups in total. The minimum atomic E-state index is 0.00728. The van der Waals surface area contributed by atoms with E-state index < -0.39 is 0 Å². The maximum absolute atomic E-state index is 5.72. The molecule has 0 saturated carbocycles. The van der Waals surface area contributed by atoms with Crippen LogP contribution in [0.15, 0.2) is 18.2 Å². The van der Waals surface area contributed by atoms with Crippen molar-refractivity contribution in [1.29, 1.82) is 0 Å². The average Bonchev–Trinajstić information content (AvgIpc) is 2.67. The van der Waals surface area contributed by atoms with E-state index in [4.69, 9.17) is 15.2 Å². The second kappa shape index (κ2) is 5.33. The Morgan fingerprint density at radius 2 is 2.29 bits per heavy atom. The second-order valence-electron chi connectivity index (χ2n) is 3.79. The molecule has 0 amide bonds. The zero-order valence-electron chi connectivity index (χ0n) is 9.97. The van der Waals surface area contributed by atoms with Gasteiger partial charge in [0.2, 0.25) is 0 Å². The number of rotatable bonds is 5. The van der Waals surface area contributed by atoms with E-state index in [1.165, 1.54) is 11.3 Å². The molecule has 0 aliphatic heterocycles. The van der Waals surface area contributed by atoms with E-state index in [1.54, 1.807) is 0 Å². The Labute approximate surface area is 104 Å². The Hall–Kier alpha value is -1.33. The Bertz CT molecular complexity index is 498. The summed E-state index contributed by atoms with van der Waals surface area (Å²) in [5, 5.41) is 0.665. The third kappa shape index (κ3) is 3.08. The Kier molecular flexibility index (Phi) is 3.81. The fourth-order valence-electron chi connectivity index (χ4n) is 1.46. The van der Waals surface area contributed by atoms with Crippen LogP contribution in [0, 0.1) is 0 Å². The number of benzene rings is 1. The Morgan fingerprint density at radius 1 is 1.47 bits per heavy atom. The maximum Gasteiger partial charge on any atom is 0.274 e. The first kappa shape index (κ1) is 12.1. The van der Waals surface area contributed by atoms with Gasteiger partial charge in [0.05, 0.1) is 16.8 Å². The lowest BCUT2D eigenvalue weighted by Crippen LogP contribution is -2.18. The van der Waals surface area contributed by atoms with E-state index in [1.807, 2.05) is 32.0 Å². The maximum atomic E-state index is 5.72. The molecule has 17 heavy (non-hydrogen) atoms. The van der Waals surface area contributed by atoms with Crippen molar-refractivity contribution in [3.05, 3.63) is 18.2 Å². The summed E-state index contributed by atoms with van der Waals surface area (Å²) >= 11 is 1.50. The summed E-state index contributed by atoms with van der Waals surface area (Å²) in [7, 11) is 0. The molecule has 2 rings (SSSR count). The molecule has 1 atom stereocenters. The summed E-state index contributed by atoms with van der Waals surface area (Å²) in [4.78, 5) is 4.39. The van der Waals surface area contributed by atoms with Gasteiger partial charge in [-0.1, -0.05) is 11.3 Å². The Balaban J connectivity index is 2.08. The number of nitrogens with zero attached hydrogens (tertiary/aromatic N) is 1. The summed E-state index contributed by atoms with van der Waals surface area (Å²) in [6, 6.07) is 5.66. The first-order valence-corrected chi connectivity index (χ1v) is 6.41. The molecule has 5 heteroatoms. The van der Waals surface area contributed by atoms with E-state index >= 15 is 0 Å². The highest BCUT2D eigenvalue weighted by molar-refractivity contribution is 7.20. The summed E-state index contributed by atoms with van der Waals surface area (Å²) in [5.41, 5.74) is 7.38. The third-order valence-electron chi connectivity index (χ3n) is 2.25. The predicted octanol–water partition coefficient (Wildman–Crippen LogP) is 2.68. The highest BCUT2D eigenvalue weighted by atomic mass is 32.1. The molecule has 1 aromatic carbocycles. The van der Waals surface area contributed by atoms with Crippen molar-refractivity contribution >= 4 is 27.2 Å². The van der Waals surface area contributed by atoms with Crippen molar-refractivity contribution in [2.45, 2.75) is 20.0 Å². The van der Waals surface area contributed by atoms with Crippen molar-refractivity contribution in [1.82, 2.24) is 4.98 Å². The fraction of sp³-hybridized carbons (Fsp3) is 0.417. The molecule has 1 heterocycles. The van der Waals surface area contributed by atoms with Crippen molar-refractivity contribution in [3.8, 4) is 5.19 Å². The van der Waals surface area contributed by atoms with Gasteiger partial charge in [-0.3, -0.25) is 0 Å². The second-order valence-corrected chi connectivity index (χ2v) is 4.79. The lowest BCUT2D eigenvalue weighted by Gasteiger charge is -2.11. The molecule has 0 aliphatic rings. The van der Waals surface area contributed by atoms with Crippen LogP contribution in [-0.4, -0.2) is 24.3 Å². The molecular weight excluding hydrogens is 236 g/mol. The number of nitrogen functional groups attached to an aromatic ring is 1. The normalized spacial score (nSPS) is 12.8. The van der Waals surface area contributed by atoms with Crippen LogP contribution >= 0.6 is 11.3 Å². The molecule has 4 nitrogen and oxygen atoms in total. The average molecular weight is 252 g/mol. The third-order valence-corrected chi connectivity index (χ3v) is 3.16. The quantitative estimate of drug-likeness (QED) is 0.831. The summed E-state index contributed by atoms with van der Waals surface area (Å²) in [6.45, 7) is 5.21. The van der Waals surface area contributed by atoms with E-state index in [0.29, 0.717) is 18.4 Å². The summed E-state index contributed by atoms with van der Waals surface area (Å²) in [5.74, 6) is 0. The molecule has 1 unspecified atom stereocenters. The first-order valence-electron chi connectivity index (χ1n) is 5.59. The van der Waals surface area contributed by atoms with Gasteiger partial charge in [-0.2, -0.15) is 0 Å². The van der Waals surface area contributed by atoms with Crippen molar-refractivity contribution < 1.29 is 9.47 Å². The molecule has 0 fully saturated rings. The van der Waals surface area contributed by atoms with E-state index in [-0.39, 0.29) is 6.10 Å². The minimum Gasteiger partial charge on any atom is -0.465 e. The molecule has 0 saturated heterocycles. The standard InChI is InChI=1S/C12H16N2O2S/c1-3-15-7-8(2)16-12-14-10-5-4-9(13)6-11(10)17-12/h4-6,8H,3,7,13H2,1-2H3. The molecule has 1 aromatic heterocycles. The zero-order valence-corrected chi connectivity index (χ0v) is 10.8. The van der Waals surface area contributed by atoms with E-state index in [2.05, 4.69) is 4.98 Å². The zero-order chi connectivity index (χ0) is 12.3. The van der Waals surface area contributed by atoms with Crippen LogP contribution in [0.2, 0.25) is 0 Å². The topological polar surface area (TPSA) is 57.4 Å². The van der Waals surface area contributed by atoms with Gasteiger partial charge in [0.25, 0.3) is 5.19 Å². The van der Waals surface area contributed by atoms with Crippen LogP contribution in [0.1, 0.15) is 13.8 Å². The fourth-order valence-corrected chi connectivity index (χ4v) is 2.42. The minimum absolute atomic E-state index is 0.00728. The molecular formula is C12H16N2O2S. The van der Waals surface area contributed by atoms with Crippen molar-refractivity contribution in [2.75, 3.05) is 18.9 Å². The van der Waals surface area contributed by atoms with Crippen LogP contribution in [0.4, 0.5) is 5.69 Å². The number of ether oxygens (including phenoxy) is 2. The van der Waals surface area contributed by atoms with Crippen molar-refractivity contribution in [2.24, 2.45) is 0 Å². The van der Waals surface area contributed by atoms with Crippen LogP contribution in [-0.2, 0) is 4.74 Å². The van der Waals surface area contributed by atoms with Gasteiger partial charge in [0, 0.05) is 12.3 Å². The van der Waals surface area contributed by atoms with Gasteiger partial charge in [-0.15, -0.1) is 0 Å². The lowest BCUT2D eigenvalue weighted by atomic mass is 10.3. The van der Waals surface area contributed by atoms with Gasteiger partial charge in [0.15, 0.2) is 0 Å². The number of thiazole rings is 1. The van der Waals surface area contributed by atoms with Gasteiger partial charge in [-0.05, 0) is 32.0 Å². The number of fused-ring (bicyclic) bond motifs is 1. The lowest BCUT2D eigenvalue weighted by molar-refractivity contribution is 0.0657. The number of hydrogen-bond donors (Lipinski definition) is 1. The molecule has 2 aromatic rings. The smallest absolute Gasteiger partial charge is 0.274 e. The number of anilines is 1. The van der Waals surface area contributed by atoms with Gasteiger partial charge in [0.1, 0.15) is 6.10 Å². The van der Waals surface area contributed by atoms with Crippen LogP contribution in [0.25, 0.3) is 10.2 Å².